The lowest BCUT2D eigenvalue weighted by Crippen LogP contribution is -2.18. The van der Waals surface area contributed by atoms with E-state index in [4.69, 9.17) is 0 Å². The van der Waals surface area contributed by atoms with Crippen molar-refractivity contribution in [2.24, 2.45) is 0 Å². The summed E-state index contributed by atoms with van der Waals surface area (Å²) in [6.45, 7) is 0.860. The Kier molecular flexibility index (Phi) is 5.66. The van der Waals surface area contributed by atoms with E-state index in [2.05, 4.69) is 71.3 Å². The molecule has 3 aromatic rings. The number of anilines is 1. The number of thioether (sulfide) groups is 1. The number of aromatic nitrogens is 3. The number of hydrogen-bond acceptors (Lipinski definition) is 5. The Balaban J connectivity index is 1.65. The van der Waals surface area contributed by atoms with E-state index in [0.717, 1.165) is 58.1 Å². The largest absolute Gasteiger partial charge is 0.310 e. The van der Waals surface area contributed by atoms with Gasteiger partial charge in [-0.2, -0.15) is 5.26 Å². The van der Waals surface area contributed by atoms with Crippen LogP contribution in [0.4, 0.5) is 5.69 Å². The first-order valence-electron chi connectivity index (χ1n) is 10.3. The van der Waals surface area contributed by atoms with E-state index in [9.17, 15) is 5.26 Å². The summed E-state index contributed by atoms with van der Waals surface area (Å²) in [5.74, 6) is 1.66. The Morgan fingerprint density at radius 3 is 2.58 bits per heavy atom. The van der Waals surface area contributed by atoms with Crippen LogP contribution in [0, 0.1) is 11.3 Å². The van der Waals surface area contributed by atoms with E-state index in [1.165, 1.54) is 6.42 Å². The van der Waals surface area contributed by atoms with Crippen molar-refractivity contribution in [2.75, 3.05) is 4.90 Å². The maximum atomic E-state index is 10.2. The molecule has 2 aliphatic rings. The Labute approximate surface area is 194 Å². The van der Waals surface area contributed by atoms with Gasteiger partial charge in [-0.3, -0.25) is 0 Å². The Hall–Kier alpha value is -2.82. The predicted octanol–water partition coefficient (Wildman–Crippen LogP) is 6.21. The first-order chi connectivity index (χ1) is 15.3. The summed E-state index contributed by atoms with van der Waals surface area (Å²) in [5, 5.41) is 22.1. The molecule has 0 radical (unpaired) electrons. The van der Waals surface area contributed by atoms with E-state index in [-0.39, 0.29) is 0 Å². The Morgan fingerprint density at radius 2 is 1.81 bits per heavy atom. The molecule has 5 nitrogen and oxygen atoms in total. The van der Waals surface area contributed by atoms with Gasteiger partial charge < -0.3 is 9.47 Å². The topological polar surface area (TPSA) is 57.7 Å². The molecule has 7 heteroatoms. The third-order valence-corrected chi connectivity index (χ3v) is 7.02. The zero-order valence-electron chi connectivity index (χ0n) is 16.8. The molecule has 5 rings (SSSR count). The van der Waals surface area contributed by atoms with Crippen molar-refractivity contribution in [3.63, 3.8) is 0 Å². The zero-order chi connectivity index (χ0) is 21.2. The average molecular weight is 490 g/mol. The van der Waals surface area contributed by atoms with Crippen molar-refractivity contribution in [3.05, 3.63) is 86.7 Å². The molecule has 0 atom stereocenters. The number of para-hydroxylation sites is 1. The lowest BCUT2D eigenvalue weighted by molar-refractivity contribution is 0.627. The Bertz CT molecular complexity index is 1210. The normalized spacial score (nSPS) is 17.5. The van der Waals surface area contributed by atoms with Gasteiger partial charge in [0.05, 0.1) is 5.70 Å². The quantitative estimate of drug-likeness (QED) is 0.409. The first-order valence-corrected chi connectivity index (χ1v) is 12.0. The fourth-order valence-corrected chi connectivity index (χ4v) is 5.30. The molecule has 0 saturated heterocycles. The van der Waals surface area contributed by atoms with Crippen LogP contribution in [0.3, 0.4) is 0 Å². The van der Waals surface area contributed by atoms with Gasteiger partial charge in [-0.1, -0.05) is 64.4 Å². The van der Waals surface area contributed by atoms with Crippen LogP contribution in [-0.4, -0.2) is 14.8 Å². The van der Waals surface area contributed by atoms with Gasteiger partial charge >= 0.3 is 0 Å². The summed E-state index contributed by atoms with van der Waals surface area (Å²) in [5.41, 5.74) is 3.71. The highest BCUT2D eigenvalue weighted by Crippen LogP contribution is 2.46. The van der Waals surface area contributed by atoms with Crippen LogP contribution in [-0.2, 0) is 13.0 Å². The predicted molar refractivity (Wildman–Crippen MR) is 129 cm³/mol. The summed E-state index contributed by atoms with van der Waals surface area (Å²) >= 11 is 5.09. The average Bonchev–Trinajstić information content (AvgIpc) is 3.33. The molecule has 2 aliphatic heterocycles. The van der Waals surface area contributed by atoms with Crippen LogP contribution < -0.4 is 4.90 Å². The minimum Gasteiger partial charge on any atom is -0.310 e. The molecule has 0 unspecified atom stereocenters. The molecule has 0 amide bonds. The van der Waals surface area contributed by atoms with Crippen LogP contribution in [0.5, 0.6) is 0 Å². The van der Waals surface area contributed by atoms with Crippen molar-refractivity contribution in [3.8, 4) is 6.07 Å². The standard InChI is InChI=1S/C24H20BrN5S/c25-18-12-10-17(11-13-18)21-16-31-24(30(21)19-7-3-1-4-8-19)20(15-26)23-28-27-22-9-5-2-6-14-29(22)23/h1,3-4,7-8,10-13,16H,2,5-6,9,14H2/b24-20-. The number of fused-ring (bicyclic) bond motifs is 1. The third kappa shape index (κ3) is 3.82. The minimum atomic E-state index is 0.567. The van der Waals surface area contributed by atoms with Crippen LogP contribution >= 0.6 is 27.7 Å². The number of hydrogen-bond donors (Lipinski definition) is 0. The van der Waals surface area contributed by atoms with Gasteiger partial charge in [-0.15, -0.1) is 10.2 Å². The van der Waals surface area contributed by atoms with Gasteiger partial charge in [-0.25, -0.2) is 0 Å². The van der Waals surface area contributed by atoms with Crippen molar-refractivity contribution < 1.29 is 0 Å². The highest BCUT2D eigenvalue weighted by molar-refractivity contribution is 9.10. The number of allylic oxidation sites excluding steroid dienone is 1. The fraction of sp³-hybridized carbons (Fsp3) is 0.208. The lowest BCUT2D eigenvalue weighted by atomic mass is 10.1. The van der Waals surface area contributed by atoms with Crippen molar-refractivity contribution in [1.29, 1.82) is 5.26 Å². The van der Waals surface area contributed by atoms with Gasteiger partial charge in [0.15, 0.2) is 5.82 Å². The summed E-state index contributed by atoms with van der Waals surface area (Å²) in [4.78, 5) is 2.16. The van der Waals surface area contributed by atoms with Gasteiger partial charge in [0.25, 0.3) is 0 Å². The molecular formula is C24H20BrN5S. The van der Waals surface area contributed by atoms with Gasteiger partial charge in [0.2, 0.25) is 0 Å². The van der Waals surface area contributed by atoms with Gasteiger partial charge in [-0.05, 0) is 42.7 Å². The summed E-state index contributed by atoms with van der Waals surface area (Å²) < 4.78 is 3.17. The molecule has 0 aliphatic carbocycles. The number of halogens is 1. The molecule has 1 aromatic heterocycles. The number of nitrogens with zero attached hydrogens (tertiary/aromatic N) is 5. The van der Waals surface area contributed by atoms with Crippen LogP contribution in [0.15, 0.2) is 69.5 Å². The number of benzene rings is 2. The molecule has 0 saturated carbocycles. The second kappa shape index (κ2) is 8.74. The molecule has 2 aromatic carbocycles. The van der Waals surface area contributed by atoms with Crippen LogP contribution in [0.25, 0.3) is 11.3 Å². The van der Waals surface area contributed by atoms with Crippen LogP contribution in [0.1, 0.15) is 36.5 Å². The van der Waals surface area contributed by atoms with Crippen LogP contribution in [0.2, 0.25) is 0 Å². The molecular weight excluding hydrogens is 470 g/mol. The molecule has 0 spiro atoms. The van der Waals surface area contributed by atoms with E-state index in [1.807, 2.05) is 30.3 Å². The first kappa shape index (κ1) is 20.1. The fourth-order valence-electron chi connectivity index (χ4n) is 4.01. The van der Waals surface area contributed by atoms with Gasteiger partial charge in [0, 0.05) is 28.5 Å². The molecule has 3 heterocycles. The van der Waals surface area contributed by atoms with Crippen molar-refractivity contribution in [1.82, 2.24) is 14.8 Å². The smallest absolute Gasteiger partial charge is 0.177 e. The lowest BCUT2D eigenvalue weighted by Gasteiger charge is -2.25. The molecule has 0 fully saturated rings. The van der Waals surface area contributed by atoms with E-state index in [1.54, 1.807) is 11.8 Å². The third-order valence-electron chi connectivity index (χ3n) is 5.54. The summed E-state index contributed by atoms with van der Waals surface area (Å²) in [7, 11) is 0. The summed E-state index contributed by atoms with van der Waals surface area (Å²) in [6, 6.07) is 20.9. The summed E-state index contributed by atoms with van der Waals surface area (Å²) in [6.07, 6.45) is 4.31. The van der Waals surface area contributed by atoms with E-state index in [0.29, 0.717) is 11.4 Å². The SMILES string of the molecule is N#C/C(=C1/SC=C(c2ccc(Br)cc2)N1c1ccccc1)c1nnc2n1CCCCC2. The van der Waals surface area contributed by atoms with Crippen molar-refractivity contribution >= 4 is 44.6 Å². The maximum Gasteiger partial charge on any atom is 0.177 e. The molecule has 0 N–H and O–H groups in total. The number of nitriles is 1. The van der Waals surface area contributed by atoms with E-state index < -0.39 is 0 Å². The highest BCUT2D eigenvalue weighted by atomic mass is 79.9. The zero-order valence-corrected chi connectivity index (χ0v) is 19.2. The second-order valence-corrected chi connectivity index (χ2v) is 9.27. The highest BCUT2D eigenvalue weighted by Gasteiger charge is 2.30. The van der Waals surface area contributed by atoms with Crippen molar-refractivity contribution in [2.45, 2.75) is 32.2 Å². The number of rotatable bonds is 3. The molecule has 31 heavy (non-hydrogen) atoms. The monoisotopic (exact) mass is 489 g/mol. The van der Waals surface area contributed by atoms with Gasteiger partial charge in [0.1, 0.15) is 22.5 Å². The molecule has 154 valence electrons. The molecule has 0 bridgehead atoms. The Morgan fingerprint density at radius 1 is 1.00 bits per heavy atom. The maximum absolute atomic E-state index is 10.2. The minimum absolute atomic E-state index is 0.567. The second-order valence-electron chi connectivity index (χ2n) is 7.49. The number of aryl methyl sites for hydroxylation is 1. The van der Waals surface area contributed by atoms with E-state index >= 15 is 0 Å².